The molecule has 0 N–H and O–H groups in total. The Morgan fingerprint density at radius 1 is 1.57 bits per heavy atom. The van der Waals surface area contributed by atoms with Gasteiger partial charge in [0.1, 0.15) is 5.76 Å². The molecule has 1 unspecified atom stereocenters. The van der Waals surface area contributed by atoms with Gasteiger partial charge in [-0.3, -0.25) is 4.79 Å². The lowest BCUT2D eigenvalue weighted by Gasteiger charge is -2.23. The molecule has 1 aliphatic heterocycles. The van der Waals surface area contributed by atoms with E-state index in [1.54, 1.807) is 34.7 Å². The van der Waals surface area contributed by atoms with Crippen LogP contribution in [0.5, 0.6) is 0 Å². The highest BCUT2D eigenvalue weighted by Gasteiger charge is 2.22. The summed E-state index contributed by atoms with van der Waals surface area (Å²) < 4.78 is 11.0. The number of carbonyl (C=O) groups excluding carboxylic acids is 1. The number of ether oxygens (including phenoxy) is 1. The van der Waals surface area contributed by atoms with Crippen LogP contribution in [0.3, 0.4) is 0 Å². The van der Waals surface area contributed by atoms with Crippen molar-refractivity contribution in [1.82, 2.24) is 9.88 Å². The van der Waals surface area contributed by atoms with Crippen LogP contribution in [0.15, 0.2) is 34.3 Å². The summed E-state index contributed by atoms with van der Waals surface area (Å²) in [5.41, 5.74) is 0.816. The molecule has 0 aromatic carbocycles. The van der Waals surface area contributed by atoms with Gasteiger partial charge in [-0.15, -0.1) is 11.3 Å². The Morgan fingerprint density at radius 2 is 2.48 bits per heavy atom. The first kappa shape index (κ1) is 16.0. The largest absolute Gasteiger partial charge is 0.467 e. The molecule has 2 aromatic rings. The van der Waals surface area contributed by atoms with Gasteiger partial charge in [0, 0.05) is 24.6 Å². The zero-order valence-electron chi connectivity index (χ0n) is 13.1. The van der Waals surface area contributed by atoms with Crippen molar-refractivity contribution in [2.24, 2.45) is 0 Å². The Morgan fingerprint density at radius 3 is 3.13 bits per heavy atom. The van der Waals surface area contributed by atoms with Crippen LogP contribution in [0.25, 0.3) is 6.08 Å². The predicted molar refractivity (Wildman–Crippen MR) is 89.0 cm³/mol. The van der Waals surface area contributed by atoms with Gasteiger partial charge in [0.2, 0.25) is 5.91 Å². The van der Waals surface area contributed by atoms with E-state index in [4.69, 9.17) is 9.15 Å². The normalized spacial score (nSPS) is 17.9. The van der Waals surface area contributed by atoms with E-state index >= 15 is 0 Å². The number of aryl methyl sites for hydroxylation is 1. The topological polar surface area (TPSA) is 55.6 Å². The molecule has 0 bridgehead atoms. The third-order valence-electron chi connectivity index (χ3n) is 3.72. The standard InChI is InChI=1S/C17H20N2O3S/c1-13-18-14(12-23-13)6-7-17(20)19(10-15-4-2-8-21-15)11-16-5-3-9-22-16/h2,4,6-8,12,16H,3,5,9-11H2,1H3. The van der Waals surface area contributed by atoms with E-state index in [2.05, 4.69) is 4.98 Å². The second kappa shape index (κ2) is 7.57. The van der Waals surface area contributed by atoms with Crippen LogP contribution in [0.4, 0.5) is 0 Å². The molecule has 1 saturated heterocycles. The third kappa shape index (κ3) is 4.53. The quantitative estimate of drug-likeness (QED) is 0.762. The van der Waals surface area contributed by atoms with Crippen LogP contribution in [0.1, 0.15) is 29.3 Å². The first-order valence-corrected chi connectivity index (χ1v) is 8.62. The third-order valence-corrected chi connectivity index (χ3v) is 4.51. The number of hydrogen-bond acceptors (Lipinski definition) is 5. The van der Waals surface area contributed by atoms with Gasteiger partial charge in [-0.05, 0) is 38.0 Å². The first-order chi connectivity index (χ1) is 11.2. The maximum absolute atomic E-state index is 12.6. The fourth-order valence-electron chi connectivity index (χ4n) is 2.58. The number of aromatic nitrogens is 1. The van der Waals surface area contributed by atoms with Gasteiger partial charge >= 0.3 is 0 Å². The minimum absolute atomic E-state index is 0.0532. The summed E-state index contributed by atoms with van der Waals surface area (Å²) in [7, 11) is 0. The average molecular weight is 332 g/mol. The second-order valence-electron chi connectivity index (χ2n) is 5.56. The molecule has 3 heterocycles. The van der Waals surface area contributed by atoms with E-state index < -0.39 is 0 Å². The Balaban J connectivity index is 1.67. The van der Waals surface area contributed by atoms with Crippen molar-refractivity contribution >= 4 is 23.3 Å². The molecule has 0 spiro atoms. The van der Waals surface area contributed by atoms with Crippen LogP contribution in [0, 0.1) is 6.92 Å². The first-order valence-electron chi connectivity index (χ1n) is 7.74. The molecule has 5 nitrogen and oxygen atoms in total. The van der Waals surface area contributed by atoms with Crippen molar-refractivity contribution < 1.29 is 13.9 Å². The molecule has 1 aliphatic rings. The molecule has 2 aromatic heterocycles. The number of carbonyl (C=O) groups is 1. The van der Waals surface area contributed by atoms with Gasteiger partial charge in [0.25, 0.3) is 0 Å². The van der Waals surface area contributed by atoms with Crippen molar-refractivity contribution in [2.75, 3.05) is 13.2 Å². The van der Waals surface area contributed by atoms with Crippen LogP contribution in [-0.2, 0) is 16.1 Å². The molecule has 0 saturated carbocycles. The maximum atomic E-state index is 12.6. The molecule has 1 atom stereocenters. The van der Waals surface area contributed by atoms with Gasteiger partial charge in [0.15, 0.2) is 0 Å². The minimum Gasteiger partial charge on any atom is -0.467 e. The molecule has 6 heteroatoms. The highest BCUT2D eigenvalue weighted by Crippen LogP contribution is 2.16. The lowest BCUT2D eigenvalue weighted by atomic mass is 10.2. The Kier molecular flexibility index (Phi) is 5.25. The van der Waals surface area contributed by atoms with E-state index in [0.717, 1.165) is 35.9 Å². The zero-order chi connectivity index (χ0) is 16.1. The summed E-state index contributed by atoms with van der Waals surface area (Å²) in [4.78, 5) is 18.7. The zero-order valence-corrected chi connectivity index (χ0v) is 13.9. The molecule has 1 fully saturated rings. The number of hydrogen-bond donors (Lipinski definition) is 0. The Bertz CT molecular complexity index is 657. The van der Waals surface area contributed by atoms with E-state index in [1.165, 1.54) is 0 Å². The van der Waals surface area contributed by atoms with Crippen LogP contribution >= 0.6 is 11.3 Å². The molecular weight excluding hydrogens is 312 g/mol. The maximum Gasteiger partial charge on any atom is 0.247 e. The highest BCUT2D eigenvalue weighted by molar-refractivity contribution is 7.09. The number of amides is 1. The SMILES string of the molecule is Cc1nc(C=CC(=O)N(Cc2ccco2)CC2CCCO2)cs1. The van der Waals surface area contributed by atoms with Crippen LogP contribution in [0.2, 0.25) is 0 Å². The van der Waals surface area contributed by atoms with Crippen LogP contribution in [-0.4, -0.2) is 35.0 Å². The second-order valence-corrected chi connectivity index (χ2v) is 6.62. The van der Waals surface area contributed by atoms with Crippen molar-refractivity contribution in [2.45, 2.75) is 32.4 Å². The van der Waals surface area contributed by atoms with Gasteiger partial charge in [0.05, 0.1) is 29.6 Å². The fourth-order valence-corrected chi connectivity index (χ4v) is 3.16. The molecule has 0 aliphatic carbocycles. The molecular formula is C17H20N2O3S. The number of rotatable bonds is 6. The summed E-state index contributed by atoms with van der Waals surface area (Å²) in [6.45, 7) is 3.76. The van der Waals surface area contributed by atoms with E-state index in [0.29, 0.717) is 13.1 Å². The van der Waals surface area contributed by atoms with E-state index in [1.807, 2.05) is 24.4 Å². The summed E-state index contributed by atoms with van der Waals surface area (Å²) in [5.74, 6) is 0.719. The number of nitrogens with zero attached hydrogens (tertiary/aromatic N) is 2. The smallest absolute Gasteiger partial charge is 0.247 e. The molecule has 0 radical (unpaired) electrons. The van der Waals surface area contributed by atoms with Crippen molar-refractivity contribution in [3.63, 3.8) is 0 Å². The highest BCUT2D eigenvalue weighted by atomic mass is 32.1. The predicted octanol–water partition coefficient (Wildman–Crippen LogP) is 3.27. The van der Waals surface area contributed by atoms with Gasteiger partial charge < -0.3 is 14.1 Å². The minimum atomic E-state index is -0.0532. The molecule has 23 heavy (non-hydrogen) atoms. The summed E-state index contributed by atoms with van der Waals surface area (Å²) >= 11 is 1.57. The number of thiazole rings is 1. The fraction of sp³-hybridized carbons (Fsp3) is 0.412. The number of furan rings is 1. The van der Waals surface area contributed by atoms with Crippen LogP contribution < -0.4 is 0 Å². The lowest BCUT2D eigenvalue weighted by molar-refractivity contribution is -0.128. The summed E-state index contributed by atoms with van der Waals surface area (Å²) in [6.07, 6.45) is 7.13. The van der Waals surface area contributed by atoms with Crippen molar-refractivity contribution in [3.8, 4) is 0 Å². The van der Waals surface area contributed by atoms with Gasteiger partial charge in [-0.1, -0.05) is 0 Å². The molecule has 3 rings (SSSR count). The Labute approximate surface area is 139 Å². The van der Waals surface area contributed by atoms with E-state index in [-0.39, 0.29) is 12.0 Å². The average Bonchev–Trinajstić information content (AvgIpc) is 3.27. The van der Waals surface area contributed by atoms with Crippen molar-refractivity contribution in [1.29, 1.82) is 0 Å². The van der Waals surface area contributed by atoms with Crippen molar-refractivity contribution in [3.05, 3.63) is 46.3 Å². The lowest BCUT2D eigenvalue weighted by Crippen LogP contribution is -2.35. The van der Waals surface area contributed by atoms with Gasteiger partial charge in [-0.25, -0.2) is 4.98 Å². The van der Waals surface area contributed by atoms with E-state index in [9.17, 15) is 4.79 Å². The molecule has 122 valence electrons. The summed E-state index contributed by atoms with van der Waals surface area (Å²) in [6, 6.07) is 3.71. The summed E-state index contributed by atoms with van der Waals surface area (Å²) in [5, 5.41) is 2.93. The monoisotopic (exact) mass is 332 g/mol. The molecule has 1 amide bonds. The Hall–Kier alpha value is -1.92. The van der Waals surface area contributed by atoms with Gasteiger partial charge in [-0.2, -0.15) is 0 Å².